The van der Waals surface area contributed by atoms with Crippen LogP contribution >= 0.6 is 0 Å². The molecule has 1 fully saturated rings. The Bertz CT molecular complexity index is 588. The van der Waals surface area contributed by atoms with Crippen LogP contribution in [0, 0.1) is 17.2 Å². The number of rotatable bonds is 2. The number of nitriles is 1. The van der Waals surface area contributed by atoms with Crippen LogP contribution in [0.4, 0.5) is 0 Å². The van der Waals surface area contributed by atoms with Crippen LogP contribution in [0.5, 0.6) is 0 Å². The van der Waals surface area contributed by atoms with Crippen molar-refractivity contribution in [3.8, 4) is 6.07 Å². The van der Waals surface area contributed by atoms with Crippen LogP contribution in [-0.2, 0) is 11.3 Å². The van der Waals surface area contributed by atoms with Crippen LogP contribution in [0.2, 0.25) is 0 Å². The van der Waals surface area contributed by atoms with E-state index in [1.54, 1.807) is 0 Å². The van der Waals surface area contributed by atoms with E-state index in [4.69, 9.17) is 10.00 Å². The predicted molar refractivity (Wildman–Crippen MR) is 70.2 cm³/mol. The zero-order valence-electron chi connectivity index (χ0n) is 10.3. The highest BCUT2D eigenvalue weighted by molar-refractivity contribution is 5.81. The molecule has 3 rings (SSSR count). The molecule has 0 saturated carbocycles. The van der Waals surface area contributed by atoms with Gasteiger partial charge in [-0.05, 0) is 43.0 Å². The Kier molecular flexibility index (Phi) is 3.04. The van der Waals surface area contributed by atoms with Crippen LogP contribution in [-0.4, -0.2) is 17.8 Å². The van der Waals surface area contributed by atoms with E-state index in [-0.39, 0.29) is 0 Å². The normalized spacial score (nSPS) is 16.8. The van der Waals surface area contributed by atoms with Gasteiger partial charge in [-0.3, -0.25) is 0 Å². The summed E-state index contributed by atoms with van der Waals surface area (Å²) in [5, 5.41) is 10.0. The Morgan fingerprint density at radius 3 is 2.89 bits per heavy atom. The third-order valence-electron chi connectivity index (χ3n) is 3.70. The Balaban J connectivity index is 1.86. The van der Waals surface area contributed by atoms with Gasteiger partial charge < -0.3 is 9.30 Å². The quantitative estimate of drug-likeness (QED) is 0.809. The maximum Gasteiger partial charge on any atom is 0.0991 e. The molecule has 0 spiro atoms. The molecule has 92 valence electrons. The zero-order valence-corrected chi connectivity index (χ0v) is 10.3. The molecular weight excluding hydrogens is 224 g/mol. The predicted octanol–water partition coefficient (Wildman–Crippen LogP) is 2.94. The van der Waals surface area contributed by atoms with Gasteiger partial charge in [-0.25, -0.2) is 0 Å². The summed E-state index contributed by atoms with van der Waals surface area (Å²) < 4.78 is 7.69. The minimum atomic E-state index is 0.713. The SMILES string of the molecule is N#Cc1ccc2c(ccn2CC2CCOCC2)c1. The second-order valence-electron chi connectivity index (χ2n) is 4.91. The molecule has 0 bridgehead atoms. The largest absolute Gasteiger partial charge is 0.381 e. The van der Waals surface area contributed by atoms with Crippen molar-refractivity contribution in [1.29, 1.82) is 5.26 Å². The van der Waals surface area contributed by atoms with Crippen molar-refractivity contribution in [3.05, 3.63) is 36.0 Å². The fourth-order valence-electron chi connectivity index (χ4n) is 2.64. The molecule has 1 saturated heterocycles. The van der Waals surface area contributed by atoms with Crippen molar-refractivity contribution in [2.45, 2.75) is 19.4 Å². The molecule has 3 heteroatoms. The van der Waals surface area contributed by atoms with E-state index in [1.807, 2.05) is 18.2 Å². The fraction of sp³-hybridized carbons (Fsp3) is 0.400. The van der Waals surface area contributed by atoms with Gasteiger partial charge in [-0.1, -0.05) is 0 Å². The lowest BCUT2D eigenvalue weighted by Gasteiger charge is -2.22. The second-order valence-corrected chi connectivity index (χ2v) is 4.91. The molecule has 1 aliphatic heterocycles. The van der Waals surface area contributed by atoms with Gasteiger partial charge in [0.2, 0.25) is 0 Å². The molecule has 0 unspecified atom stereocenters. The molecule has 0 aliphatic carbocycles. The first-order valence-corrected chi connectivity index (χ1v) is 6.43. The standard InChI is InChI=1S/C15H16N2O/c16-10-13-1-2-15-14(9-13)3-6-17(15)11-12-4-7-18-8-5-12/h1-3,6,9,12H,4-5,7-8,11H2. The number of fused-ring (bicyclic) bond motifs is 1. The van der Waals surface area contributed by atoms with Crippen molar-refractivity contribution in [2.24, 2.45) is 5.92 Å². The smallest absolute Gasteiger partial charge is 0.0991 e. The van der Waals surface area contributed by atoms with Gasteiger partial charge in [0.25, 0.3) is 0 Å². The van der Waals surface area contributed by atoms with Crippen molar-refractivity contribution in [3.63, 3.8) is 0 Å². The number of hydrogen-bond acceptors (Lipinski definition) is 2. The van der Waals surface area contributed by atoms with Crippen molar-refractivity contribution in [1.82, 2.24) is 4.57 Å². The van der Waals surface area contributed by atoms with E-state index in [2.05, 4.69) is 22.9 Å². The summed E-state index contributed by atoms with van der Waals surface area (Å²) in [4.78, 5) is 0. The van der Waals surface area contributed by atoms with Gasteiger partial charge in [0.05, 0.1) is 11.6 Å². The molecule has 0 radical (unpaired) electrons. The molecule has 1 aliphatic rings. The van der Waals surface area contributed by atoms with Crippen LogP contribution < -0.4 is 0 Å². The molecule has 2 aromatic rings. The molecule has 2 heterocycles. The third-order valence-corrected chi connectivity index (χ3v) is 3.70. The van der Waals surface area contributed by atoms with Crippen LogP contribution in [0.1, 0.15) is 18.4 Å². The average molecular weight is 240 g/mol. The molecule has 0 amide bonds. The van der Waals surface area contributed by atoms with Gasteiger partial charge >= 0.3 is 0 Å². The number of nitrogens with zero attached hydrogens (tertiary/aromatic N) is 2. The minimum Gasteiger partial charge on any atom is -0.381 e. The summed E-state index contributed by atoms with van der Waals surface area (Å²) in [6.07, 6.45) is 4.42. The summed E-state index contributed by atoms with van der Waals surface area (Å²) in [6, 6.07) is 10.2. The molecule has 18 heavy (non-hydrogen) atoms. The highest BCUT2D eigenvalue weighted by Crippen LogP contribution is 2.22. The summed E-state index contributed by atoms with van der Waals surface area (Å²) in [6.45, 7) is 2.84. The molecular formula is C15H16N2O. The maximum atomic E-state index is 8.89. The summed E-state index contributed by atoms with van der Waals surface area (Å²) in [5.74, 6) is 0.713. The summed E-state index contributed by atoms with van der Waals surface area (Å²) >= 11 is 0. The van der Waals surface area contributed by atoms with Crippen molar-refractivity contribution < 1.29 is 4.74 Å². The number of ether oxygens (including phenoxy) is 1. The van der Waals surface area contributed by atoms with Crippen LogP contribution in [0.15, 0.2) is 30.5 Å². The van der Waals surface area contributed by atoms with Gasteiger partial charge in [0, 0.05) is 36.9 Å². The number of hydrogen-bond donors (Lipinski definition) is 0. The van der Waals surface area contributed by atoms with Gasteiger partial charge in [0.1, 0.15) is 0 Å². The average Bonchev–Trinajstić information content (AvgIpc) is 2.82. The lowest BCUT2D eigenvalue weighted by atomic mass is 10.0. The second kappa shape index (κ2) is 4.83. The highest BCUT2D eigenvalue weighted by atomic mass is 16.5. The summed E-state index contributed by atoms with van der Waals surface area (Å²) in [7, 11) is 0. The first-order valence-electron chi connectivity index (χ1n) is 6.43. The molecule has 1 aromatic carbocycles. The minimum absolute atomic E-state index is 0.713. The van der Waals surface area contributed by atoms with Gasteiger partial charge in [-0.15, -0.1) is 0 Å². The van der Waals surface area contributed by atoms with E-state index >= 15 is 0 Å². The Hall–Kier alpha value is -1.79. The lowest BCUT2D eigenvalue weighted by Crippen LogP contribution is -2.19. The number of benzene rings is 1. The Labute approximate surface area is 107 Å². The molecule has 0 atom stereocenters. The first-order chi connectivity index (χ1) is 8.86. The topological polar surface area (TPSA) is 38.0 Å². The van der Waals surface area contributed by atoms with Gasteiger partial charge in [0.15, 0.2) is 0 Å². The monoisotopic (exact) mass is 240 g/mol. The molecule has 3 nitrogen and oxygen atoms in total. The van der Waals surface area contributed by atoms with Crippen LogP contribution in [0.25, 0.3) is 10.9 Å². The fourth-order valence-corrected chi connectivity index (χ4v) is 2.64. The maximum absolute atomic E-state index is 8.89. The van der Waals surface area contributed by atoms with Crippen LogP contribution in [0.3, 0.4) is 0 Å². The first kappa shape index (κ1) is 11.3. The van der Waals surface area contributed by atoms with E-state index in [0.29, 0.717) is 5.92 Å². The summed E-state index contributed by atoms with van der Waals surface area (Å²) in [5.41, 5.74) is 1.95. The molecule has 1 aromatic heterocycles. The van der Waals surface area contributed by atoms with Crippen molar-refractivity contribution >= 4 is 10.9 Å². The molecule has 0 N–H and O–H groups in total. The lowest BCUT2D eigenvalue weighted by molar-refractivity contribution is 0.0616. The zero-order chi connectivity index (χ0) is 12.4. The van der Waals surface area contributed by atoms with E-state index in [0.717, 1.165) is 43.5 Å². The van der Waals surface area contributed by atoms with Gasteiger partial charge in [-0.2, -0.15) is 5.26 Å². The Morgan fingerprint density at radius 2 is 2.11 bits per heavy atom. The third kappa shape index (κ3) is 2.12. The van der Waals surface area contributed by atoms with E-state index < -0.39 is 0 Å². The Morgan fingerprint density at radius 1 is 1.28 bits per heavy atom. The highest BCUT2D eigenvalue weighted by Gasteiger charge is 2.15. The van der Waals surface area contributed by atoms with E-state index in [9.17, 15) is 0 Å². The van der Waals surface area contributed by atoms with E-state index in [1.165, 1.54) is 5.52 Å². The van der Waals surface area contributed by atoms with Crippen molar-refractivity contribution in [2.75, 3.05) is 13.2 Å². The number of aromatic nitrogens is 1.